The Kier molecular flexibility index (Phi) is 6.65. The Balaban J connectivity index is 2.75. The molecule has 2 heteroatoms. The van der Waals surface area contributed by atoms with Crippen LogP contribution in [0.5, 0.6) is 0 Å². The van der Waals surface area contributed by atoms with Crippen molar-refractivity contribution in [3.05, 3.63) is 0 Å². The van der Waals surface area contributed by atoms with Crippen LogP contribution in [-0.4, -0.2) is 16.8 Å². The van der Waals surface area contributed by atoms with Crippen LogP contribution in [0.3, 0.4) is 0 Å². The van der Waals surface area contributed by atoms with Gasteiger partial charge in [0.25, 0.3) is 0 Å². The molecule has 1 N–H and O–H groups in total. The summed E-state index contributed by atoms with van der Waals surface area (Å²) in [7, 11) is 0. The predicted molar refractivity (Wildman–Crippen MR) is 43.6 cm³/mol. The quantitative estimate of drug-likeness (QED) is 0.476. The molecule has 0 heterocycles. The van der Waals surface area contributed by atoms with Crippen LogP contribution in [0, 0.1) is 5.92 Å². The number of aliphatic hydroxyl groups is 1. The average molecular weight is 148 g/mol. The van der Waals surface area contributed by atoms with Crippen molar-refractivity contribution in [2.45, 2.75) is 26.7 Å². The molecule has 0 bridgehead atoms. The molecule has 56 valence electrons. The number of hydrogen-bond donors (Lipinski definition) is 1. The predicted octanol–water partition coefficient (Wildman–Crippen LogP) is 2.11. The molecule has 0 spiro atoms. The van der Waals surface area contributed by atoms with Gasteiger partial charge >= 0.3 is 0 Å². The van der Waals surface area contributed by atoms with Crippen LogP contribution >= 0.6 is 11.8 Å². The van der Waals surface area contributed by atoms with Crippen molar-refractivity contribution in [2.75, 3.05) is 11.7 Å². The number of aliphatic hydroxyl groups excluding tert-OH is 1. The van der Waals surface area contributed by atoms with Gasteiger partial charge in [-0.05, 0) is 18.1 Å². The summed E-state index contributed by atoms with van der Waals surface area (Å²) in [6.07, 6.45) is 2.52. The zero-order valence-corrected chi connectivity index (χ0v) is 7.08. The minimum absolute atomic E-state index is 0.276. The molecule has 0 atom stereocenters. The van der Waals surface area contributed by atoms with Crippen LogP contribution in [0.2, 0.25) is 0 Å². The summed E-state index contributed by atoms with van der Waals surface area (Å²) >= 11 is 1.61. The van der Waals surface area contributed by atoms with E-state index in [1.807, 2.05) is 0 Å². The third kappa shape index (κ3) is 8.31. The first kappa shape index (κ1) is 9.31. The molecular weight excluding hydrogens is 132 g/mol. The lowest BCUT2D eigenvalue weighted by atomic mass is 10.1. The Hall–Kier alpha value is 0.310. The van der Waals surface area contributed by atoms with Gasteiger partial charge in [-0.3, -0.25) is 0 Å². The maximum absolute atomic E-state index is 8.39. The third-order valence-corrected chi connectivity index (χ3v) is 1.92. The molecular formula is C7H16OS. The molecule has 0 fully saturated rings. The van der Waals surface area contributed by atoms with Gasteiger partial charge in [0.1, 0.15) is 0 Å². The molecule has 0 saturated heterocycles. The SMILES string of the molecule is CC(C)CCCSCO. The van der Waals surface area contributed by atoms with Crippen molar-refractivity contribution in [3.63, 3.8) is 0 Å². The Bertz CT molecular complexity index is 54.9. The number of rotatable bonds is 5. The fraction of sp³-hybridized carbons (Fsp3) is 1.00. The first-order chi connectivity index (χ1) is 4.27. The molecule has 0 unspecified atom stereocenters. The van der Waals surface area contributed by atoms with Crippen molar-refractivity contribution in [3.8, 4) is 0 Å². The molecule has 0 saturated carbocycles. The lowest BCUT2D eigenvalue weighted by Crippen LogP contribution is -1.89. The van der Waals surface area contributed by atoms with Crippen LogP contribution in [0.1, 0.15) is 26.7 Å². The lowest BCUT2D eigenvalue weighted by molar-refractivity contribution is 0.375. The van der Waals surface area contributed by atoms with Crippen LogP contribution in [0.4, 0.5) is 0 Å². The molecule has 0 aromatic carbocycles. The summed E-state index contributed by atoms with van der Waals surface area (Å²) in [5, 5.41) is 8.39. The molecule has 0 radical (unpaired) electrons. The minimum Gasteiger partial charge on any atom is -0.386 e. The highest BCUT2D eigenvalue weighted by Gasteiger charge is 1.92. The van der Waals surface area contributed by atoms with Gasteiger partial charge in [0.15, 0.2) is 0 Å². The Morgan fingerprint density at radius 3 is 2.56 bits per heavy atom. The summed E-state index contributed by atoms with van der Waals surface area (Å²) in [5.41, 5.74) is 0. The van der Waals surface area contributed by atoms with E-state index in [0.29, 0.717) is 0 Å². The molecule has 0 aliphatic heterocycles. The first-order valence-electron chi connectivity index (χ1n) is 3.46. The van der Waals surface area contributed by atoms with Crippen LogP contribution < -0.4 is 0 Å². The van der Waals surface area contributed by atoms with Gasteiger partial charge < -0.3 is 5.11 Å². The summed E-state index contributed by atoms with van der Waals surface area (Å²) in [6.45, 7) is 4.45. The van der Waals surface area contributed by atoms with Gasteiger partial charge in [-0.2, -0.15) is 0 Å². The van der Waals surface area contributed by atoms with E-state index in [4.69, 9.17) is 5.11 Å². The van der Waals surface area contributed by atoms with E-state index in [9.17, 15) is 0 Å². The number of thioether (sulfide) groups is 1. The van der Waals surface area contributed by atoms with E-state index in [1.165, 1.54) is 12.8 Å². The zero-order valence-electron chi connectivity index (χ0n) is 6.26. The standard InChI is InChI=1S/C7H16OS/c1-7(2)4-3-5-9-6-8/h7-8H,3-6H2,1-2H3. The van der Waals surface area contributed by atoms with E-state index in [1.54, 1.807) is 11.8 Å². The molecule has 0 aliphatic carbocycles. The number of hydrogen-bond acceptors (Lipinski definition) is 2. The monoisotopic (exact) mass is 148 g/mol. The van der Waals surface area contributed by atoms with Gasteiger partial charge in [-0.25, -0.2) is 0 Å². The van der Waals surface area contributed by atoms with E-state index >= 15 is 0 Å². The van der Waals surface area contributed by atoms with Gasteiger partial charge in [0.2, 0.25) is 0 Å². The second-order valence-corrected chi connectivity index (χ2v) is 3.65. The van der Waals surface area contributed by atoms with E-state index < -0.39 is 0 Å². The first-order valence-corrected chi connectivity index (χ1v) is 4.61. The Labute approximate surface area is 61.8 Å². The van der Waals surface area contributed by atoms with Gasteiger partial charge in [-0.15, -0.1) is 11.8 Å². The maximum atomic E-state index is 8.39. The molecule has 0 aliphatic rings. The van der Waals surface area contributed by atoms with Crippen LogP contribution in [0.15, 0.2) is 0 Å². The van der Waals surface area contributed by atoms with Crippen LogP contribution in [0.25, 0.3) is 0 Å². The van der Waals surface area contributed by atoms with Gasteiger partial charge in [0, 0.05) is 0 Å². The summed E-state index contributed by atoms with van der Waals surface area (Å²) in [6, 6.07) is 0. The Morgan fingerprint density at radius 1 is 1.44 bits per heavy atom. The molecule has 0 rings (SSSR count). The summed E-state index contributed by atoms with van der Waals surface area (Å²) in [5.74, 6) is 2.19. The molecule has 0 aromatic rings. The average Bonchev–Trinajstić information content (AvgIpc) is 1.80. The van der Waals surface area contributed by atoms with E-state index in [0.717, 1.165) is 11.7 Å². The van der Waals surface area contributed by atoms with Crippen molar-refractivity contribution in [1.82, 2.24) is 0 Å². The lowest BCUT2D eigenvalue weighted by Gasteiger charge is -2.01. The second kappa shape index (κ2) is 6.43. The zero-order chi connectivity index (χ0) is 7.11. The highest BCUT2D eigenvalue weighted by molar-refractivity contribution is 7.99. The highest BCUT2D eigenvalue weighted by Crippen LogP contribution is 2.07. The largest absolute Gasteiger partial charge is 0.386 e. The minimum atomic E-state index is 0.276. The van der Waals surface area contributed by atoms with Crippen molar-refractivity contribution in [1.29, 1.82) is 0 Å². The third-order valence-electron chi connectivity index (χ3n) is 1.16. The maximum Gasteiger partial charge on any atom is 0.0885 e. The fourth-order valence-corrected chi connectivity index (χ4v) is 1.16. The second-order valence-electron chi connectivity index (χ2n) is 2.57. The van der Waals surface area contributed by atoms with E-state index in [2.05, 4.69) is 13.8 Å². The molecule has 1 nitrogen and oxygen atoms in total. The summed E-state index contributed by atoms with van der Waals surface area (Å²) < 4.78 is 0. The fourth-order valence-electron chi connectivity index (χ4n) is 0.658. The van der Waals surface area contributed by atoms with Crippen molar-refractivity contribution >= 4 is 11.8 Å². The van der Waals surface area contributed by atoms with E-state index in [-0.39, 0.29) is 5.94 Å². The smallest absolute Gasteiger partial charge is 0.0885 e. The van der Waals surface area contributed by atoms with Crippen molar-refractivity contribution in [2.24, 2.45) is 5.92 Å². The van der Waals surface area contributed by atoms with Gasteiger partial charge in [0.05, 0.1) is 5.94 Å². The topological polar surface area (TPSA) is 20.2 Å². The van der Waals surface area contributed by atoms with Gasteiger partial charge in [-0.1, -0.05) is 20.3 Å². The normalized spacial score (nSPS) is 10.7. The van der Waals surface area contributed by atoms with Crippen molar-refractivity contribution < 1.29 is 5.11 Å². The Morgan fingerprint density at radius 2 is 2.11 bits per heavy atom. The summed E-state index contributed by atoms with van der Waals surface area (Å²) in [4.78, 5) is 0. The van der Waals surface area contributed by atoms with Crippen LogP contribution in [-0.2, 0) is 0 Å². The highest BCUT2D eigenvalue weighted by atomic mass is 32.2. The molecule has 0 aromatic heterocycles. The molecule has 0 amide bonds. The molecule has 9 heavy (non-hydrogen) atoms.